The molecule has 1 N–H and O–H groups in total. The van der Waals surface area contributed by atoms with Crippen molar-refractivity contribution < 1.29 is 9.53 Å². The lowest BCUT2D eigenvalue weighted by atomic mass is 10.0. The Bertz CT molecular complexity index is 1200. The second-order valence-corrected chi connectivity index (χ2v) is 9.54. The average Bonchev–Trinajstić information content (AvgIpc) is 3.43. The molecule has 0 aliphatic rings. The molecule has 8 heteroatoms. The molecule has 0 unspecified atom stereocenters. The molecule has 0 saturated heterocycles. The number of amides is 1. The molecule has 0 aliphatic carbocycles. The monoisotopic (exact) mass is 478 g/mol. The number of nitrogens with zero attached hydrogens (tertiary/aromatic N) is 3. The molecule has 1 atom stereocenters. The average molecular weight is 479 g/mol. The lowest BCUT2D eigenvalue weighted by Gasteiger charge is -2.18. The van der Waals surface area contributed by atoms with Gasteiger partial charge in [0.25, 0.3) is 5.91 Å². The normalized spacial score (nSPS) is 11.8. The van der Waals surface area contributed by atoms with Crippen molar-refractivity contribution in [3.05, 3.63) is 93.4 Å². The van der Waals surface area contributed by atoms with Gasteiger partial charge in [-0.25, -0.2) is 0 Å². The van der Waals surface area contributed by atoms with Gasteiger partial charge in [-0.05, 0) is 53.6 Å². The van der Waals surface area contributed by atoms with Crippen LogP contribution >= 0.6 is 23.1 Å². The minimum absolute atomic E-state index is 0.0844. The Labute approximate surface area is 202 Å². The second-order valence-electron chi connectivity index (χ2n) is 7.69. The molecule has 170 valence electrons. The summed E-state index contributed by atoms with van der Waals surface area (Å²) in [4.78, 5) is 13.7. The highest BCUT2D eigenvalue weighted by Gasteiger charge is 2.24. The highest BCUT2D eigenvalue weighted by Crippen LogP contribution is 2.26. The molecule has 2 heterocycles. The maximum atomic E-state index is 13.0. The lowest BCUT2D eigenvalue weighted by molar-refractivity contribution is 0.0937. The summed E-state index contributed by atoms with van der Waals surface area (Å²) in [7, 11) is 3.61. The molecule has 4 aromatic rings. The number of ether oxygens (including phenoxy) is 1. The highest BCUT2D eigenvalue weighted by molar-refractivity contribution is 7.98. The number of aromatic nitrogens is 3. The summed E-state index contributed by atoms with van der Waals surface area (Å²) < 4.78 is 7.20. The van der Waals surface area contributed by atoms with E-state index in [1.807, 2.05) is 72.4 Å². The van der Waals surface area contributed by atoms with Crippen molar-refractivity contribution >= 4 is 29.0 Å². The van der Waals surface area contributed by atoms with Crippen molar-refractivity contribution in [3.63, 3.8) is 0 Å². The smallest absolute Gasteiger partial charge is 0.262 e. The number of aryl methyl sites for hydroxylation is 1. The van der Waals surface area contributed by atoms with E-state index in [1.165, 1.54) is 16.9 Å². The van der Waals surface area contributed by atoms with E-state index in [2.05, 4.69) is 27.6 Å². The van der Waals surface area contributed by atoms with Gasteiger partial charge in [0.1, 0.15) is 5.75 Å². The number of methoxy groups -OCH3 is 1. The molecule has 0 radical (unpaired) electrons. The molecule has 6 nitrogen and oxygen atoms in total. The van der Waals surface area contributed by atoms with Crippen molar-refractivity contribution in [1.82, 2.24) is 20.1 Å². The maximum Gasteiger partial charge on any atom is 0.262 e. The van der Waals surface area contributed by atoms with Crippen molar-refractivity contribution in [2.75, 3.05) is 7.11 Å². The summed E-state index contributed by atoms with van der Waals surface area (Å²) in [5.41, 5.74) is 3.28. The van der Waals surface area contributed by atoms with Crippen LogP contribution in [0.25, 0.3) is 0 Å². The molecule has 33 heavy (non-hydrogen) atoms. The van der Waals surface area contributed by atoms with Crippen LogP contribution in [0.1, 0.15) is 38.2 Å². The minimum atomic E-state index is -0.297. The molecule has 4 rings (SSSR count). The molecule has 2 aromatic carbocycles. The summed E-state index contributed by atoms with van der Waals surface area (Å²) in [5.74, 6) is 2.25. The van der Waals surface area contributed by atoms with Crippen LogP contribution in [0.15, 0.2) is 71.2 Å². The number of rotatable bonds is 9. The SMILES string of the molecule is COc1ccc(CSc2nnc([C@H](Cc3ccccc3)NC(=O)c3sccc3C)n2C)cc1. The number of hydrogen-bond donors (Lipinski definition) is 1. The topological polar surface area (TPSA) is 69.0 Å². The zero-order valence-corrected chi connectivity index (χ0v) is 20.5. The van der Waals surface area contributed by atoms with Gasteiger partial charge in [0.2, 0.25) is 0 Å². The number of thiophene rings is 1. The predicted molar refractivity (Wildman–Crippen MR) is 133 cm³/mol. The quantitative estimate of drug-likeness (QED) is 0.335. The highest BCUT2D eigenvalue weighted by atomic mass is 32.2. The van der Waals surface area contributed by atoms with Gasteiger partial charge in [-0.15, -0.1) is 21.5 Å². The van der Waals surface area contributed by atoms with Gasteiger partial charge in [0.05, 0.1) is 18.0 Å². The third-order valence-electron chi connectivity index (χ3n) is 5.36. The van der Waals surface area contributed by atoms with Gasteiger partial charge in [0, 0.05) is 12.8 Å². The van der Waals surface area contributed by atoms with Crippen LogP contribution in [0.4, 0.5) is 0 Å². The first kappa shape index (κ1) is 23.1. The molecule has 0 bridgehead atoms. The fourth-order valence-corrected chi connectivity index (χ4v) is 5.21. The third kappa shape index (κ3) is 5.64. The summed E-state index contributed by atoms with van der Waals surface area (Å²) in [6, 6.07) is 19.8. The maximum absolute atomic E-state index is 13.0. The van der Waals surface area contributed by atoms with E-state index < -0.39 is 0 Å². The Balaban J connectivity index is 1.53. The van der Waals surface area contributed by atoms with Gasteiger partial charge in [0.15, 0.2) is 11.0 Å². The standard InChI is InChI=1S/C25H26N4O2S2/c1-17-13-14-32-22(17)24(30)26-21(15-18-7-5-4-6-8-18)23-27-28-25(29(23)2)33-16-19-9-11-20(31-3)12-10-19/h4-14,21H,15-16H2,1-3H3,(H,26,30)/t21-/m0/s1. The molecule has 1 amide bonds. The zero-order valence-electron chi connectivity index (χ0n) is 18.8. The van der Waals surface area contributed by atoms with E-state index >= 15 is 0 Å². The summed E-state index contributed by atoms with van der Waals surface area (Å²) >= 11 is 3.07. The van der Waals surface area contributed by atoms with Crippen molar-refractivity contribution in [3.8, 4) is 5.75 Å². The Morgan fingerprint density at radius 3 is 2.52 bits per heavy atom. The van der Waals surface area contributed by atoms with Gasteiger partial charge in [-0.1, -0.05) is 54.2 Å². The molecule has 2 aromatic heterocycles. The van der Waals surface area contributed by atoms with E-state index in [1.54, 1.807) is 18.9 Å². The van der Waals surface area contributed by atoms with Crippen LogP contribution in [-0.4, -0.2) is 27.8 Å². The lowest BCUT2D eigenvalue weighted by Crippen LogP contribution is -2.31. The molecular formula is C25H26N4O2S2. The van der Waals surface area contributed by atoms with Crippen LogP contribution in [0.2, 0.25) is 0 Å². The van der Waals surface area contributed by atoms with E-state index in [0.717, 1.165) is 38.5 Å². The zero-order chi connectivity index (χ0) is 23.2. The number of carbonyl (C=O) groups excluding carboxylic acids is 1. The first-order valence-corrected chi connectivity index (χ1v) is 12.5. The summed E-state index contributed by atoms with van der Waals surface area (Å²) in [6.45, 7) is 1.95. The van der Waals surface area contributed by atoms with Crippen LogP contribution in [0.3, 0.4) is 0 Å². The van der Waals surface area contributed by atoms with Crippen LogP contribution in [0, 0.1) is 6.92 Å². The fourth-order valence-electron chi connectivity index (χ4n) is 3.51. The van der Waals surface area contributed by atoms with Crippen molar-refractivity contribution in [2.45, 2.75) is 30.3 Å². The predicted octanol–water partition coefficient (Wildman–Crippen LogP) is 5.20. The Hall–Kier alpha value is -3.10. The first-order valence-electron chi connectivity index (χ1n) is 10.6. The number of nitrogens with one attached hydrogen (secondary N) is 1. The van der Waals surface area contributed by atoms with Crippen LogP contribution < -0.4 is 10.1 Å². The van der Waals surface area contributed by atoms with Gasteiger partial charge in [-0.2, -0.15) is 0 Å². The van der Waals surface area contributed by atoms with Gasteiger partial charge >= 0.3 is 0 Å². The van der Waals surface area contributed by atoms with E-state index in [9.17, 15) is 4.79 Å². The van der Waals surface area contributed by atoms with Crippen molar-refractivity contribution in [2.24, 2.45) is 7.05 Å². The summed E-state index contributed by atoms with van der Waals surface area (Å²) in [5, 5.41) is 14.8. The van der Waals surface area contributed by atoms with E-state index in [-0.39, 0.29) is 11.9 Å². The molecule has 0 fully saturated rings. The third-order valence-corrected chi connectivity index (χ3v) is 7.47. The number of thioether (sulfide) groups is 1. The van der Waals surface area contributed by atoms with Crippen LogP contribution in [0.5, 0.6) is 5.75 Å². The Morgan fingerprint density at radius 1 is 1.09 bits per heavy atom. The van der Waals surface area contributed by atoms with Crippen molar-refractivity contribution in [1.29, 1.82) is 0 Å². The number of benzene rings is 2. The van der Waals surface area contributed by atoms with Gasteiger partial charge < -0.3 is 14.6 Å². The largest absolute Gasteiger partial charge is 0.497 e. The number of hydrogen-bond acceptors (Lipinski definition) is 6. The van der Waals surface area contributed by atoms with E-state index in [0.29, 0.717) is 6.42 Å². The molecular weight excluding hydrogens is 452 g/mol. The molecule has 0 spiro atoms. The number of carbonyl (C=O) groups is 1. The second kappa shape index (κ2) is 10.7. The van der Waals surface area contributed by atoms with Gasteiger partial charge in [-0.3, -0.25) is 4.79 Å². The minimum Gasteiger partial charge on any atom is -0.497 e. The Morgan fingerprint density at radius 2 is 1.85 bits per heavy atom. The summed E-state index contributed by atoms with van der Waals surface area (Å²) in [6.07, 6.45) is 0.631. The first-order chi connectivity index (χ1) is 16.0. The fraction of sp³-hybridized carbons (Fsp3) is 0.240. The molecule has 0 aliphatic heterocycles. The van der Waals surface area contributed by atoms with Crippen LogP contribution in [-0.2, 0) is 19.2 Å². The van der Waals surface area contributed by atoms with E-state index in [4.69, 9.17) is 4.74 Å². The molecule has 0 saturated carbocycles. The Kier molecular flexibility index (Phi) is 7.47.